The molecular formula is C16H23N3O7. The van der Waals surface area contributed by atoms with Crippen molar-refractivity contribution >= 4 is 29.7 Å². The third-order valence-electron chi connectivity index (χ3n) is 3.90. The Morgan fingerprint density at radius 3 is 2.27 bits per heavy atom. The number of imide groups is 1. The van der Waals surface area contributed by atoms with Crippen LogP contribution in [0.4, 0.5) is 0 Å². The molecule has 10 heteroatoms. The summed E-state index contributed by atoms with van der Waals surface area (Å²) in [5.41, 5.74) is 0. The molecule has 3 amide bonds. The molecule has 3 N–H and O–H groups in total. The topological polar surface area (TPSA) is 144 Å². The molecule has 0 radical (unpaired) electrons. The van der Waals surface area contributed by atoms with Crippen LogP contribution in [0.5, 0.6) is 0 Å². The van der Waals surface area contributed by atoms with Crippen LogP contribution in [0.15, 0.2) is 12.2 Å². The van der Waals surface area contributed by atoms with Crippen LogP contribution in [-0.4, -0.2) is 81.9 Å². The normalized spacial score (nSPS) is 14.8. The Bertz CT molecular complexity index is 585. The molecule has 0 aromatic carbocycles. The highest BCUT2D eigenvalue weighted by atomic mass is 16.4. The fourth-order valence-electron chi connectivity index (χ4n) is 2.56. The molecule has 1 aliphatic rings. The van der Waals surface area contributed by atoms with E-state index in [-0.39, 0.29) is 26.1 Å². The summed E-state index contributed by atoms with van der Waals surface area (Å²) in [5, 5.41) is 20.7. The van der Waals surface area contributed by atoms with E-state index in [0.717, 1.165) is 17.1 Å². The summed E-state index contributed by atoms with van der Waals surface area (Å²) in [6, 6.07) is -0.905. The predicted molar refractivity (Wildman–Crippen MR) is 89.0 cm³/mol. The number of nitrogens with zero attached hydrogens (tertiary/aromatic N) is 2. The highest BCUT2D eigenvalue weighted by Gasteiger charge is 2.26. The van der Waals surface area contributed by atoms with Crippen molar-refractivity contribution in [1.82, 2.24) is 15.1 Å². The molecule has 26 heavy (non-hydrogen) atoms. The summed E-state index contributed by atoms with van der Waals surface area (Å²) in [6.07, 6.45) is 3.40. The van der Waals surface area contributed by atoms with Gasteiger partial charge in [0.05, 0.1) is 6.54 Å². The molecule has 0 aliphatic carbocycles. The monoisotopic (exact) mass is 369 g/mol. The average molecular weight is 369 g/mol. The van der Waals surface area contributed by atoms with Crippen LogP contribution < -0.4 is 5.32 Å². The smallest absolute Gasteiger partial charge is 0.320 e. The first-order valence-electron chi connectivity index (χ1n) is 8.25. The predicted octanol–water partition coefficient (Wildman–Crippen LogP) is -0.942. The van der Waals surface area contributed by atoms with Gasteiger partial charge in [-0.05, 0) is 25.8 Å². The Morgan fingerprint density at radius 2 is 1.77 bits per heavy atom. The molecule has 10 nitrogen and oxygen atoms in total. The number of unbranched alkanes of at least 4 members (excludes halogenated alkanes) is 1. The molecule has 1 heterocycles. The Labute approximate surface area is 150 Å². The number of nitrogens with one attached hydrogen (secondary N) is 1. The van der Waals surface area contributed by atoms with Gasteiger partial charge < -0.3 is 15.5 Å². The number of rotatable bonds is 12. The number of hydrogen-bond acceptors (Lipinski definition) is 6. The maximum absolute atomic E-state index is 11.7. The van der Waals surface area contributed by atoms with E-state index < -0.39 is 35.7 Å². The number of aliphatic carboxylic acids is 2. The Kier molecular flexibility index (Phi) is 8.43. The van der Waals surface area contributed by atoms with Crippen molar-refractivity contribution < 1.29 is 34.2 Å². The zero-order valence-electron chi connectivity index (χ0n) is 14.5. The van der Waals surface area contributed by atoms with E-state index in [1.807, 2.05) is 0 Å². The van der Waals surface area contributed by atoms with Crippen LogP contribution in [0.3, 0.4) is 0 Å². The van der Waals surface area contributed by atoms with Gasteiger partial charge in [-0.3, -0.25) is 33.8 Å². The molecule has 0 saturated heterocycles. The second-order valence-corrected chi connectivity index (χ2v) is 5.75. The van der Waals surface area contributed by atoms with E-state index in [1.54, 1.807) is 6.92 Å². The number of amides is 3. The van der Waals surface area contributed by atoms with Crippen molar-refractivity contribution in [3.05, 3.63) is 12.2 Å². The molecule has 1 rings (SSSR count). The summed E-state index contributed by atoms with van der Waals surface area (Å²) in [7, 11) is 0. The van der Waals surface area contributed by atoms with Gasteiger partial charge in [-0.15, -0.1) is 0 Å². The molecular weight excluding hydrogens is 346 g/mol. The van der Waals surface area contributed by atoms with Gasteiger partial charge in [-0.25, -0.2) is 0 Å². The van der Waals surface area contributed by atoms with Crippen LogP contribution in [0.1, 0.15) is 26.2 Å². The van der Waals surface area contributed by atoms with Gasteiger partial charge in [0, 0.05) is 18.7 Å². The molecule has 0 bridgehead atoms. The molecule has 0 spiro atoms. The second kappa shape index (κ2) is 10.3. The van der Waals surface area contributed by atoms with Gasteiger partial charge in [0.15, 0.2) is 0 Å². The summed E-state index contributed by atoms with van der Waals surface area (Å²) >= 11 is 0. The van der Waals surface area contributed by atoms with Crippen molar-refractivity contribution in [2.24, 2.45) is 0 Å². The Hall–Kier alpha value is -2.75. The number of carbonyl (C=O) groups excluding carboxylic acids is 3. The van der Waals surface area contributed by atoms with Gasteiger partial charge in [0.25, 0.3) is 11.8 Å². The minimum atomic E-state index is -1.09. The number of hydrogen-bond donors (Lipinski definition) is 3. The third kappa shape index (κ3) is 6.63. The van der Waals surface area contributed by atoms with Crippen molar-refractivity contribution in [2.45, 2.75) is 32.2 Å². The fourth-order valence-corrected chi connectivity index (χ4v) is 2.56. The van der Waals surface area contributed by atoms with Gasteiger partial charge >= 0.3 is 11.9 Å². The first-order chi connectivity index (χ1) is 12.3. The van der Waals surface area contributed by atoms with E-state index in [2.05, 4.69) is 5.32 Å². The van der Waals surface area contributed by atoms with Gasteiger partial charge in [0.1, 0.15) is 12.6 Å². The summed E-state index contributed by atoms with van der Waals surface area (Å²) in [4.78, 5) is 58.7. The summed E-state index contributed by atoms with van der Waals surface area (Å²) in [6.45, 7) is 1.54. The van der Waals surface area contributed by atoms with Crippen LogP contribution in [0.25, 0.3) is 0 Å². The lowest BCUT2D eigenvalue weighted by molar-refractivity contribution is -0.146. The first-order valence-corrected chi connectivity index (χ1v) is 8.25. The molecule has 0 fully saturated rings. The largest absolute Gasteiger partial charge is 0.480 e. The minimum absolute atomic E-state index is 0.249. The van der Waals surface area contributed by atoms with Crippen LogP contribution in [0, 0.1) is 0 Å². The molecule has 1 unspecified atom stereocenters. The SMILES string of the molecule is CCN(CC(=O)O)C(CCCCNC(=O)CN1C(=O)C=CC1=O)C(=O)O. The molecule has 0 aromatic rings. The maximum atomic E-state index is 11.7. The maximum Gasteiger partial charge on any atom is 0.320 e. The molecule has 144 valence electrons. The average Bonchev–Trinajstić information content (AvgIpc) is 2.87. The highest BCUT2D eigenvalue weighted by Crippen LogP contribution is 2.09. The van der Waals surface area contributed by atoms with Crippen molar-refractivity contribution in [1.29, 1.82) is 0 Å². The van der Waals surface area contributed by atoms with Crippen LogP contribution >= 0.6 is 0 Å². The lowest BCUT2D eigenvalue weighted by atomic mass is 10.1. The Balaban J connectivity index is 2.32. The van der Waals surface area contributed by atoms with Gasteiger partial charge in [0.2, 0.25) is 5.91 Å². The number of carboxylic acid groups (broad SMARTS) is 2. The van der Waals surface area contributed by atoms with Crippen LogP contribution in [-0.2, 0) is 24.0 Å². The number of carboxylic acids is 2. The molecule has 0 saturated carbocycles. The zero-order valence-corrected chi connectivity index (χ0v) is 14.5. The van der Waals surface area contributed by atoms with Crippen molar-refractivity contribution in [2.75, 3.05) is 26.2 Å². The standard InChI is InChI=1S/C16H23N3O7/c1-2-18(10-15(23)24)11(16(25)26)5-3-4-8-17-12(20)9-19-13(21)6-7-14(19)22/h6-7,11H,2-5,8-10H2,1H3,(H,17,20)(H,23,24)(H,25,26). The first kappa shape index (κ1) is 21.3. The fraction of sp³-hybridized carbons (Fsp3) is 0.562. The molecule has 1 aliphatic heterocycles. The third-order valence-corrected chi connectivity index (χ3v) is 3.90. The van der Waals surface area contributed by atoms with Crippen LogP contribution in [0.2, 0.25) is 0 Å². The number of likely N-dealkylation sites (N-methyl/N-ethyl adjacent to an activating group) is 1. The summed E-state index contributed by atoms with van der Waals surface area (Å²) in [5.74, 6) is -3.73. The van der Waals surface area contributed by atoms with Gasteiger partial charge in [-0.2, -0.15) is 0 Å². The lowest BCUT2D eigenvalue weighted by Gasteiger charge is -2.25. The summed E-state index contributed by atoms with van der Waals surface area (Å²) < 4.78 is 0. The van der Waals surface area contributed by atoms with E-state index in [0.29, 0.717) is 19.4 Å². The Morgan fingerprint density at radius 1 is 1.15 bits per heavy atom. The second-order valence-electron chi connectivity index (χ2n) is 5.75. The zero-order chi connectivity index (χ0) is 19.7. The molecule has 0 aromatic heterocycles. The lowest BCUT2D eigenvalue weighted by Crippen LogP contribution is -2.44. The van der Waals surface area contributed by atoms with E-state index in [9.17, 15) is 29.1 Å². The van der Waals surface area contributed by atoms with E-state index in [1.165, 1.54) is 4.90 Å². The van der Waals surface area contributed by atoms with E-state index in [4.69, 9.17) is 5.11 Å². The molecule has 1 atom stereocenters. The van der Waals surface area contributed by atoms with Gasteiger partial charge in [-0.1, -0.05) is 6.92 Å². The number of carbonyl (C=O) groups is 5. The van der Waals surface area contributed by atoms with E-state index >= 15 is 0 Å². The van der Waals surface area contributed by atoms with Crippen molar-refractivity contribution in [3.63, 3.8) is 0 Å². The quantitative estimate of drug-likeness (QED) is 0.295. The van der Waals surface area contributed by atoms with Crippen molar-refractivity contribution in [3.8, 4) is 0 Å². The highest BCUT2D eigenvalue weighted by molar-refractivity contribution is 6.14. The minimum Gasteiger partial charge on any atom is -0.480 e.